The maximum Gasteiger partial charge on any atom is 0.248 e. The summed E-state index contributed by atoms with van der Waals surface area (Å²) in [6.45, 7) is 0. The van der Waals surface area contributed by atoms with E-state index in [0.29, 0.717) is 6.42 Å². The van der Waals surface area contributed by atoms with Gasteiger partial charge in [-0.25, -0.2) is 0 Å². The summed E-state index contributed by atoms with van der Waals surface area (Å²) in [5, 5.41) is 21.9. The summed E-state index contributed by atoms with van der Waals surface area (Å²) in [6.07, 6.45) is 4.75. The number of aryl methyl sites for hydroxylation is 2. The lowest BCUT2D eigenvalue weighted by Crippen LogP contribution is -2.07. The molecular weight excluding hydrogens is 338 g/mol. The first kappa shape index (κ1) is 18.3. The quantitative estimate of drug-likeness (QED) is 0.566. The van der Waals surface area contributed by atoms with Crippen molar-refractivity contribution in [2.75, 3.05) is 5.32 Å². The fraction of sp³-hybridized carbons (Fsp3) is 0.0870. The number of rotatable bonds is 6. The molecule has 3 rings (SSSR count). The zero-order chi connectivity index (χ0) is 19.1. The number of hydrogen-bond donors (Lipinski definition) is 3. The number of carbonyl (C=O) groups is 1. The Morgan fingerprint density at radius 3 is 2.11 bits per heavy atom. The highest BCUT2D eigenvalue weighted by Crippen LogP contribution is 2.21. The molecule has 0 aliphatic rings. The highest BCUT2D eigenvalue weighted by molar-refractivity contribution is 6.01. The lowest BCUT2D eigenvalue weighted by atomic mass is 10.0. The molecule has 0 radical (unpaired) electrons. The first-order valence-corrected chi connectivity index (χ1v) is 8.73. The molecule has 3 aromatic rings. The van der Waals surface area contributed by atoms with Gasteiger partial charge in [0, 0.05) is 17.8 Å². The minimum atomic E-state index is -0.179. The predicted molar refractivity (Wildman–Crippen MR) is 108 cm³/mol. The van der Waals surface area contributed by atoms with E-state index >= 15 is 0 Å². The second-order valence-corrected chi connectivity index (χ2v) is 6.29. The maximum atomic E-state index is 12.0. The van der Waals surface area contributed by atoms with Crippen LogP contribution < -0.4 is 5.32 Å². The molecule has 0 unspecified atom stereocenters. The van der Waals surface area contributed by atoms with Gasteiger partial charge in [-0.15, -0.1) is 0 Å². The molecule has 0 fully saturated rings. The molecule has 136 valence electrons. The fourth-order valence-corrected chi connectivity index (χ4v) is 2.76. The van der Waals surface area contributed by atoms with Crippen molar-refractivity contribution in [2.45, 2.75) is 12.8 Å². The Labute approximate surface area is 158 Å². The van der Waals surface area contributed by atoms with Gasteiger partial charge in [0.1, 0.15) is 11.5 Å². The average Bonchev–Trinajstić information content (AvgIpc) is 2.66. The van der Waals surface area contributed by atoms with Gasteiger partial charge in [-0.3, -0.25) is 4.79 Å². The van der Waals surface area contributed by atoms with Crippen molar-refractivity contribution in [3.05, 3.63) is 95.6 Å². The summed E-state index contributed by atoms with van der Waals surface area (Å²) in [7, 11) is 0. The van der Waals surface area contributed by atoms with Gasteiger partial charge in [0.2, 0.25) is 5.91 Å². The van der Waals surface area contributed by atoms with Crippen molar-refractivity contribution in [1.29, 1.82) is 0 Å². The van der Waals surface area contributed by atoms with Crippen LogP contribution in [0.15, 0.2) is 78.9 Å². The van der Waals surface area contributed by atoms with Gasteiger partial charge >= 0.3 is 0 Å². The number of amides is 1. The fourth-order valence-electron chi connectivity index (χ4n) is 2.76. The van der Waals surface area contributed by atoms with E-state index in [9.17, 15) is 15.0 Å². The average molecular weight is 359 g/mol. The van der Waals surface area contributed by atoms with Gasteiger partial charge < -0.3 is 15.5 Å². The second kappa shape index (κ2) is 8.72. The van der Waals surface area contributed by atoms with Crippen molar-refractivity contribution in [2.24, 2.45) is 0 Å². The van der Waals surface area contributed by atoms with Crippen LogP contribution in [-0.4, -0.2) is 16.1 Å². The Hall–Kier alpha value is -3.53. The van der Waals surface area contributed by atoms with E-state index in [1.165, 1.54) is 12.1 Å². The summed E-state index contributed by atoms with van der Waals surface area (Å²) in [5.74, 6) is -0.0555. The molecule has 0 bridgehead atoms. The van der Waals surface area contributed by atoms with Crippen molar-refractivity contribution in [3.63, 3.8) is 0 Å². The van der Waals surface area contributed by atoms with Crippen LogP contribution in [0.2, 0.25) is 0 Å². The molecule has 0 saturated heterocycles. The van der Waals surface area contributed by atoms with Gasteiger partial charge in [-0.2, -0.15) is 0 Å². The molecule has 0 aliphatic heterocycles. The van der Waals surface area contributed by atoms with E-state index in [1.54, 1.807) is 18.2 Å². The van der Waals surface area contributed by atoms with Crippen LogP contribution in [-0.2, 0) is 17.6 Å². The summed E-state index contributed by atoms with van der Waals surface area (Å²) in [5.41, 5.74) is 3.68. The van der Waals surface area contributed by atoms with Crippen LogP contribution in [0.25, 0.3) is 6.08 Å². The van der Waals surface area contributed by atoms with E-state index in [-0.39, 0.29) is 17.4 Å². The van der Waals surface area contributed by atoms with Gasteiger partial charge in [-0.1, -0.05) is 42.5 Å². The number of aromatic hydroxyl groups is 2. The number of anilines is 1. The van der Waals surface area contributed by atoms with E-state index in [2.05, 4.69) is 5.32 Å². The van der Waals surface area contributed by atoms with Crippen molar-refractivity contribution in [3.8, 4) is 11.5 Å². The molecule has 0 spiro atoms. The molecule has 0 atom stereocenters. The third-order valence-corrected chi connectivity index (χ3v) is 4.11. The lowest BCUT2D eigenvalue weighted by Gasteiger charge is -2.06. The third kappa shape index (κ3) is 5.75. The number of benzene rings is 3. The minimum absolute atomic E-state index is 0.0617. The lowest BCUT2D eigenvalue weighted by molar-refractivity contribution is -0.111. The highest BCUT2D eigenvalue weighted by Gasteiger charge is 2.02. The van der Waals surface area contributed by atoms with Crippen LogP contribution >= 0.6 is 0 Å². The van der Waals surface area contributed by atoms with Crippen molar-refractivity contribution >= 4 is 17.7 Å². The molecule has 4 nitrogen and oxygen atoms in total. The van der Waals surface area contributed by atoms with Crippen LogP contribution in [0.5, 0.6) is 11.5 Å². The van der Waals surface area contributed by atoms with Crippen LogP contribution in [0, 0.1) is 0 Å². The molecule has 27 heavy (non-hydrogen) atoms. The summed E-state index contributed by atoms with van der Waals surface area (Å²) in [6, 6.07) is 21.9. The standard InChI is InChI=1S/C23H21NO3/c25-21-14-19(15-22(26)16-21)7-6-18-8-11-20(12-9-18)24-23(27)13-10-17-4-2-1-3-5-17/h1-5,8-16,25-26H,6-7H2,(H,24,27)/b13-10+. The minimum Gasteiger partial charge on any atom is -0.508 e. The molecule has 0 heterocycles. The number of phenolic OH excluding ortho intramolecular Hbond substituents is 2. The van der Waals surface area contributed by atoms with Gasteiger partial charge in [0.15, 0.2) is 0 Å². The first-order chi connectivity index (χ1) is 13.1. The number of phenols is 2. The number of hydrogen-bond acceptors (Lipinski definition) is 3. The molecule has 0 aromatic heterocycles. The monoisotopic (exact) mass is 359 g/mol. The van der Waals surface area contributed by atoms with Crippen LogP contribution in [0.4, 0.5) is 5.69 Å². The van der Waals surface area contributed by atoms with Gasteiger partial charge in [-0.05, 0) is 59.9 Å². The molecule has 1 amide bonds. The Morgan fingerprint density at radius 2 is 1.44 bits per heavy atom. The van der Waals surface area contributed by atoms with E-state index < -0.39 is 0 Å². The SMILES string of the molecule is O=C(/C=C/c1ccccc1)Nc1ccc(CCc2cc(O)cc(O)c2)cc1. The number of carbonyl (C=O) groups excluding carboxylic acids is 1. The highest BCUT2D eigenvalue weighted by atomic mass is 16.3. The zero-order valence-electron chi connectivity index (χ0n) is 14.8. The Bertz CT molecular complexity index is 911. The molecule has 3 aromatic carbocycles. The topological polar surface area (TPSA) is 69.6 Å². The molecule has 0 aliphatic carbocycles. The third-order valence-electron chi connectivity index (χ3n) is 4.11. The molecule has 3 N–H and O–H groups in total. The maximum absolute atomic E-state index is 12.0. The van der Waals surface area contributed by atoms with Crippen molar-refractivity contribution < 1.29 is 15.0 Å². The van der Waals surface area contributed by atoms with Crippen LogP contribution in [0.3, 0.4) is 0 Å². The van der Waals surface area contributed by atoms with E-state index in [4.69, 9.17) is 0 Å². The summed E-state index contributed by atoms with van der Waals surface area (Å²) >= 11 is 0. The van der Waals surface area contributed by atoms with Crippen molar-refractivity contribution in [1.82, 2.24) is 0 Å². The van der Waals surface area contributed by atoms with Gasteiger partial charge in [0.25, 0.3) is 0 Å². The second-order valence-electron chi connectivity index (χ2n) is 6.29. The van der Waals surface area contributed by atoms with Crippen LogP contribution in [0.1, 0.15) is 16.7 Å². The van der Waals surface area contributed by atoms with Gasteiger partial charge in [0.05, 0.1) is 0 Å². The predicted octanol–water partition coefficient (Wildman–Crippen LogP) is 4.53. The Kier molecular flexibility index (Phi) is 5.90. The molecule has 0 saturated carbocycles. The van der Waals surface area contributed by atoms with E-state index in [1.807, 2.05) is 54.6 Å². The summed E-state index contributed by atoms with van der Waals surface area (Å²) < 4.78 is 0. The Morgan fingerprint density at radius 1 is 0.815 bits per heavy atom. The largest absolute Gasteiger partial charge is 0.508 e. The Balaban J connectivity index is 1.53. The molecular formula is C23H21NO3. The molecule has 4 heteroatoms. The zero-order valence-corrected chi connectivity index (χ0v) is 14.8. The smallest absolute Gasteiger partial charge is 0.248 e. The van der Waals surface area contributed by atoms with E-state index in [0.717, 1.165) is 28.8 Å². The first-order valence-electron chi connectivity index (χ1n) is 8.73. The summed E-state index contributed by atoms with van der Waals surface area (Å²) in [4.78, 5) is 12.0. The normalized spacial score (nSPS) is 10.8. The number of nitrogens with one attached hydrogen (secondary N) is 1.